The van der Waals surface area contributed by atoms with E-state index < -0.39 is 0 Å². The number of pyridine rings is 1. The number of aromatic hydroxyl groups is 1. The zero-order chi connectivity index (χ0) is 19.2. The lowest BCUT2D eigenvalue weighted by molar-refractivity contribution is 0.202. The number of likely N-dealkylation sites (N-methyl/N-ethyl adjacent to an activating group) is 1. The molecule has 6 heteroatoms. The number of rotatable bonds is 9. The Kier molecular flexibility index (Phi) is 6.32. The van der Waals surface area contributed by atoms with Gasteiger partial charge >= 0.3 is 0 Å². The average molecular weight is 369 g/mol. The third kappa shape index (κ3) is 4.40. The molecule has 0 aliphatic heterocycles. The molecule has 0 aliphatic rings. The van der Waals surface area contributed by atoms with Gasteiger partial charge in [-0.2, -0.15) is 0 Å². The summed E-state index contributed by atoms with van der Waals surface area (Å²) in [6.45, 7) is 5.64. The van der Waals surface area contributed by atoms with Crippen molar-refractivity contribution in [2.45, 2.75) is 13.3 Å². The van der Waals surface area contributed by atoms with Crippen LogP contribution >= 0.6 is 0 Å². The van der Waals surface area contributed by atoms with Gasteiger partial charge in [0.05, 0.1) is 30.4 Å². The van der Waals surface area contributed by atoms with Crippen LogP contribution in [-0.2, 0) is 0 Å². The van der Waals surface area contributed by atoms with Gasteiger partial charge in [0, 0.05) is 29.9 Å². The summed E-state index contributed by atoms with van der Waals surface area (Å²) >= 11 is 0. The number of hydrogen-bond donors (Lipinski definition) is 3. The number of nitrogens with zero attached hydrogens (tertiary/aromatic N) is 2. The fourth-order valence-electron chi connectivity index (χ4n) is 3.31. The Bertz CT molecular complexity index is 914. The van der Waals surface area contributed by atoms with Crippen LogP contribution in [0, 0.1) is 0 Å². The molecule has 0 spiro atoms. The van der Waals surface area contributed by atoms with Gasteiger partial charge in [-0.15, -0.1) is 0 Å². The van der Waals surface area contributed by atoms with E-state index in [9.17, 15) is 5.11 Å². The van der Waals surface area contributed by atoms with Gasteiger partial charge in [0.25, 0.3) is 0 Å². The van der Waals surface area contributed by atoms with E-state index in [4.69, 9.17) is 9.84 Å². The van der Waals surface area contributed by atoms with E-state index in [1.54, 1.807) is 19.2 Å². The van der Waals surface area contributed by atoms with Crippen molar-refractivity contribution < 1.29 is 14.9 Å². The zero-order valence-electron chi connectivity index (χ0n) is 15.9. The van der Waals surface area contributed by atoms with E-state index in [1.165, 1.54) is 0 Å². The molecule has 2 aromatic carbocycles. The number of benzene rings is 2. The largest absolute Gasteiger partial charge is 0.508 e. The first kappa shape index (κ1) is 19.2. The van der Waals surface area contributed by atoms with Crippen LogP contribution in [0.25, 0.3) is 21.8 Å². The molecule has 0 atom stereocenters. The third-order valence-corrected chi connectivity index (χ3v) is 4.78. The second kappa shape index (κ2) is 8.88. The molecule has 0 saturated carbocycles. The average Bonchev–Trinajstić information content (AvgIpc) is 2.68. The summed E-state index contributed by atoms with van der Waals surface area (Å²) in [6.07, 6.45) is 0.960. The molecule has 6 nitrogen and oxygen atoms in total. The summed E-state index contributed by atoms with van der Waals surface area (Å²) in [7, 11) is 1.65. The zero-order valence-corrected chi connectivity index (χ0v) is 15.9. The first-order valence-electron chi connectivity index (χ1n) is 9.33. The van der Waals surface area contributed by atoms with Crippen molar-refractivity contribution in [2.75, 3.05) is 45.2 Å². The molecule has 1 aromatic heterocycles. The molecular weight excluding hydrogens is 342 g/mol. The Morgan fingerprint density at radius 3 is 2.67 bits per heavy atom. The number of anilines is 1. The second-order valence-electron chi connectivity index (χ2n) is 6.51. The summed E-state index contributed by atoms with van der Waals surface area (Å²) in [6, 6.07) is 11.1. The van der Waals surface area contributed by atoms with Crippen LogP contribution < -0.4 is 10.1 Å². The summed E-state index contributed by atoms with van der Waals surface area (Å²) in [4.78, 5) is 6.90. The topological polar surface area (TPSA) is 77.9 Å². The Labute approximate surface area is 159 Å². The normalized spacial score (nSPS) is 11.4. The number of methoxy groups -OCH3 is 1. The molecule has 3 N–H and O–H groups in total. The van der Waals surface area contributed by atoms with Crippen LogP contribution in [0.3, 0.4) is 0 Å². The maximum absolute atomic E-state index is 9.82. The Morgan fingerprint density at radius 1 is 1.07 bits per heavy atom. The molecule has 0 fully saturated rings. The SMILES string of the molecule is CCN(CCO)CCCNc1c2ccc(O)cc2nc2ccc(OC)cc12. The van der Waals surface area contributed by atoms with Gasteiger partial charge in [-0.25, -0.2) is 4.98 Å². The number of aromatic nitrogens is 1. The summed E-state index contributed by atoms with van der Waals surface area (Å²) in [5, 5.41) is 24.5. The standard InChI is InChI=1S/C21H27N3O3/c1-3-24(11-12-25)10-4-9-22-21-17-7-5-15(26)13-20(17)23-19-8-6-16(27-2)14-18(19)21/h5-8,13-14,25-26H,3-4,9-12H2,1-2H3,(H,22,23). The molecule has 27 heavy (non-hydrogen) atoms. The van der Waals surface area contributed by atoms with Gasteiger partial charge in [0.15, 0.2) is 0 Å². The maximum Gasteiger partial charge on any atom is 0.119 e. The van der Waals surface area contributed by atoms with Gasteiger partial charge in [-0.1, -0.05) is 6.92 Å². The van der Waals surface area contributed by atoms with Crippen LogP contribution in [0.5, 0.6) is 11.5 Å². The van der Waals surface area contributed by atoms with E-state index in [1.807, 2.05) is 24.3 Å². The minimum Gasteiger partial charge on any atom is -0.508 e. The lowest BCUT2D eigenvalue weighted by Crippen LogP contribution is -2.28. The van der Waals surface area contributed by atoms with Crippen LogP contribution in [0.15, 0.2) is 36.4 Å². The fourth-order valence-corrected chi connectivity index (χ4v) is 3.31. The molecule has 0 amide bonds. The van der Waals surface area contributed by atoms with Crippen molar-refractivity contribution in [1.29, 1.82) is 0 Å². The van der Waals surface area contributed by atoms with E-state index in [-0.39, 0.29) is 12.4 Å². The molecular formula is C21H27N3O3. The Hall–Kier alpha value is -2.57. The Balaban J connectivity index is 1.90. The minimum absolute atomic E-state index is 0.185. The molecule has 3 aromatic rings. The number of phenolic OH excluding ortho intramolecular Hbond substituents is 1. The van der Waals surface area contributed by atoms with Crippen molar-refractivity contribution in [1.82, 2.24) is 9.88 Å². The van der Waals surface area contributed by atoms with E-state index in [2.05, 4.69) is 22.1 Å². The molecule has 3 rings (SSSR count). The summed E-state index contributed by atoms with van der Waals surface area (Å²) < 4.78 is 5.38. The molecule has 1 heterocycles. The first-order valence-corrected chi connectivity index (χ1v) is 9.33. The van der Waals surface area contributed by atoms with Crippen molar-refractivity contribution in [3.05, 3.63) is 36.4 Å². The van der Waals surface area contributed by atoms with E-state index >= 15 is 0 Å². The maximum atomic E-state index is 9.82. The van der Waals surface area contributed by atoms with Crippen molar-refractivity contribution in [2.24, 2.45) is 0 Å². The quantitative estimate of drug-likeness (QED) is 0.397. The first-order chi connectivity index (χ1) is 13.2. The van der Waals surface area contributed by atoms with Crippen molar-refractivity contribution in [3.8, 4) is 11.5 Å². The highest BCUT2D eigenvalue weighted by atomic mass is 16.5. The lowest BCUT2D eigenvalue weighted by Gasteiger charge is -2.19. The van der Waals surface area contributed by atoms with Gasteiger partial charge < -0.3 is 25.2 Å². The molecule has 0 bridgehead atoms. The number of hydrogen-bond acceptors (Lipinski definition) is 6. The molecule has 0 aliphatic carbocycles. The molecule has 144 valence electrons. The number of aliphatic hydroxyl groups is 1. The number of fused-ring (bicyclic) bond motifs is 2. The number of ether oxygens (including phenoxy) is 1. The minimum atomic E-state index is 0.185. The highest BCUT2D eigenvalue weighted by Crippen LogP contribution is 2.34. The van der Waals surface area contributed by atoms with Gasteiger partial charge in [0.1, 0.15) is 11.5 Å². The number of aliphatic hydroxyl groups excluding tert-OH is 1. The third-order valence-electron chi connectivity index (χ3n) is 4.78. The van der Waals surface area contributed by atoms with Crippen LogP contribution in [0.2, 0.25) is 0 Å². The fraction of sp³-hybridized carbons (Fsp3) is 0.381. The summed E-state index contributed by atoms with van der Waals surface area (Å²) in [5.41, 5.74) is 2.61. The monoisotopic (exact) mass is 369 g/mol. The highest BCUT2D eigenvalue weighted by Gasteiger charge is 2.11. The van der Waals surface area contributed by atoms with Crippen LogP contribution in [-0.4, -0.2) is 60.0 Å². The van der Waals surface area contributed by atoms with Crippen molar-refractivity contribution >= 4 is 27.5 Å². The van der Waals surface area contributed by atoms with E-state index in [0.717, 1.165) is 59.3 Å². The second-order valence-corrected chi connectivity index (χ2v) is 6.51. The smallest absolute Gasteiger partial charge is 0.119 e. The number of nitrogens with one attached hydrogen (secondary N) is 1. The molecule has 0 saturated heterocycles. The summed E-state index contributed by atoms with van der Waals surface area (Å²) in [5.74, 6) is 0.988. The predicted molar refractivity (Wildman–Crippen MR) is 110 cm³/mol. The van der Waals surface area contributed by atoms with Crippen LogP contribution in [0.1, 0.15) is 13.3 Å². The van der Waals surface area contributed by atoms with Crippen LogP contribution in [0.4, 0.5) is 5.69 Å². The lowest BCUT2D eigenvalue weighted by atomic mass is 10.1. The molecule has 0 unspecified atom stereocenters. The van der Waals surface area contributed by atoms with Gasteiger partial charge in [-0.05, 0) is 49.8 Å². The Morgan fingerprint density at radius 2 is 1.93 bits per heavy atom. The highest BCUT2D eigenvalue weighted by molar-refractivity contribution is 6.08. The van der Waals surface area contributed by atoms with Crippen molar-refractivity contribution in [3.63, 3.8) is 0 Å². The predicted octanol–water partition coefficient (Wildman–Crippen LogP) is 3.22. The molecule has 0 radical (unpaired) electrons. The number of phenols is 1. The van der Waals surface area contributed by atoms with Gasteiger partial charge in [-0.3, -0.25) is 0 Å². The van der Waals surface area contributed by atoms with E-state index in [0.29, 0.717) is 6.54 Å². The van der Waals surface area contributed by atoms with Gasteiger partial charge in [0.2, 0.25) is 0 Å².